The highest BCUT2D eigenvalue weighted by atomic mass is 16.5. The maximum Gasteiger partial charge on any atom is 0.161 e. The van der Waals surface area contributed by atoms with Gasteiger partial charge in [0.1, 0.15) is 5.75 Å². The molecule has 3 aromatic rings. The first-order chi connectivity index (χ1) is 13.7. The molecule has 2 aromatic carbocycles. The molecular weight excluding hydrogens is 354 g/mol. The highest BCUT2D eigenvalue weighted by molar-refractivity contribution is 5.94. The van der Waals surface area contributed by atoms with E-state index in [1.165, 1.54) is 5.56 Å². The van der Waals surface area contributed by atoms with Gasteiger partial charge in [0, 0.05) is 29.8 Å². The van der Waals surface area contributed by atoms with E-state index in [1.807, 2.05) is 18.2 Å². The Bertz CT molecular complexity index is 976. The molecule has 1 saturated heterocycles. The minimum absolute atomic E-state index is 0.432. The van der Waals surface area contributed by atoms with Gasteiger partial charge in [-0.1, -0.05) is 12.1 Å². The number of aromatic nitrogens is 2. The smallest absolute Gasteiger partial charge is 0.161 e. The van der Waals surface area contributed by atoms with Gasteiger partial charge in [0.25, 0.3) is 0 Å². The summed E-state index contributed by atoms with van der Waals surface area (Å²) in [6.07, 6.45) is 4.02. The average Bonchev–Trinajstić information content (AvgIpc) is 2.77. The van der Waals surface area contributed by atoms with E-state index in [1.54, 1.807) is 27.5 Å². The second kappa shape index (κ2) is 7.92. The molecule has 28 heavy (non-hydrogen) atoms. The van der Waals surface area contributed by atoms with Crippen LogP contribution in [0, 0.1) is 0 Å². The van der Waals surface area contributed by atoms with Crippen molar-refractivity contribution in [2.45, 2.75) is 18.8 Å². The molecule has 1 atom stereocenters. The van der Waals surface area contributed by atoms with Crippen molar-refractivity contribution in [1.29, 1.82) is 0 Å². The third-order valence-electron chi connectivity index (χ3n) is 5.43. The Balaban J connectivity index is 1.69. The molecule has 1 aliphatic rings. The van der Waals surface area contributed by atoms with Crippen molar-refractivity contribution in [3.8, 4) is 17.2 Å². The van der Waals surface area contributed by atoms with Crippen LogP contribution in [0.4, 0.5) is 5.82 Å². The topological polar surface area (TPSA) is 56.7 Å². The molecule has 0 radical (unpaired) electrons. The Morgan fingerprint density at radius 3 is 2.61 bits per heavy atom. The predicted molar refractivity (Wildman–Crippen MR) is 110 cm³/mol. The molecule has 0 bridgehead atoms. The van der Waals surface area contributed by atoms with Gasteiger partial charge in [-0.15, -0.1) is 5.10 Å². The third kappa shape index (κ3) is 3.42. The Morgan fingerprint density at radius 1 is 1.00 bits per heavy atom. The van der Waals surface area contributed by atoms with E-state index in [9.17, 15) is 0 Å². The number of ether oxygens (including phenoxy) is 3. The summed E-state index contributed by atoms with van der Waals surface area (Å²) in [5, 5.41) is 10.7. The van der Waals surface area contributed by atoms with E-state index in [4.69, 9.17) is 14.2 Å². The van der Waals surface area contributed by atoms with Crippen LogP contribution in [-0.2, 0) is 0 Å². The first kappa shape index (κ1) is 18.3. The van der Waals surface area contributed by atoms with Crippen molar-refractivity contribution < 1.29 is 14.2 Å². The fraction of sp³-hybridized carbons (Fsp3) is 0.364. The Morgan fingerprint density at radius 2 is 1.82 bits per heavy atom. The summed E-state index contributed by atoms with van der Waals surface area (Å²) in [5.41, 5.74) is 1.30. The lowest BCUT2D eigenvalue weighted by atomic mass is 9.90. The van der Waals surface area contributed by atoms with E-state index in [0.717, 1.165) is 48.3 Å². The zero-order valence-corrected chi connectivity index (χ0v) is 16.5. The van der Waals surface area contributed by atoms with Gasteiger partial charge in [0.2, 0.25) is 0 Å². The lowest BCUT2D eigenvalue weighted by Crippen LogP contribution is -2.35. The summed E-state index contributed by atoms with van der Waals surface area (Å²) < 4.78 is 16.3. The molecule has 0 amide bonds. The summed E-state index contributed by atoms with van der Waals surface area (Å²) in [7, 11) is 5.00. The molecule has 0 aliphatic carbocycles. The summed E-state index contributed by atoms with van der Waals surface area (Å²) in [6.45, 7) is 1.86. The summed E-state index contributed by atoms with van der Waals surface area (Å²) in [4.78, 5) is 2.33. The quantitative estimate of drug-likeness (QED) is 0.667. The van der Waals surface area contributed by atoms with E-state index in [0.29, 0.717) is 17.4 Å². The molecule has 4 rings (SSSR count). The highest BCUT2D eigenvalue weighted by Crippen LogP contribution is 2.37. The number of rotatable bonds is 5. The fourth-order valence-corrected chi connectivity index (χ4v) is 3.97. The van der Waals surface area contributed by atoms with E-state index >= 15 is 0 Å². The number of piperidine rings is 1. The van der Waals surface area contributed by atoms with Crippen LogP contribution in [0.5, 0.6) is 17.2 Å². The van der Waals surface area contributed by atoms with Crippen LogP contribution in [0.15, 0.2) is 42.6 Å². The second-order valence-corrected chi connectivity index (χ2v) is 7.02. The highest BCUT2D eigenvalue weighted by Gasteiger charge is 2.24. The van der Waals surface area contributed by atoms with Crippen LogP contribution in [0.3, 0.4) is 0 Å². The Hall–Kier alpha value is -3.02. The second-order valence-electron chi connectivity index (χ2n) is 7.02. The van der Waals surface area contributed by atoms with Crippen LogP contribution >= 0.6 is 0 Å². The van der Waals surface area contributed by atoms with Gasteiger partial charge in [-0.05, 0) is 42.7 Å². The first-order valence-corrected chi connectivity index (χ1v) is 9.49. The molecule has 6 heteroatoms. The zero-order valence-electron chi connectivity index (χ0n) is 16.5. The van der Waals surface area contributed by atoms with E-state index in [2.05, 4.69) is 33.3 Å². The van der Waals surface area contributed by atoms with Crippen molar-refractivity contribution in [2.24, 2.45) is 0 Å². The minimum Gasteiger partial charge on any atom is -0.497 e. The van der Waals surface area contributed by atoms with Gasteiger partial charge in [-0.25, -0.2) is 0 Å². The molecule has 1 fully saturated rings. The number of methoxy groups -OCH3 is 3. The SMILES string of the molecule is COc1cccc(C2CCCN(c3nncc4cc(OC)c(OC)cc34)C2)c1. The number of anilines is 1. The van der Waals surface area contributed by atoms with Crippen molar-refractivity contribution in [1.82, 2.24) is 10.2 Å². The molecule has 146 valence electrons. The van der Waals surface area contributed by atoms with Gasteiger partial charge in [0.05, 0.1) is 27.5 Å². The number of benzene rings is 2. The molecular formula is C22H25N3O3. The standard InChI is InChI=1S/C22H25N3O3/c1-26-18-8-4-6-15(10-18)16-7-5-9-25(14-16)22-19-12-21(28-3)20(27-2)11-17(19)13-23-24-22/h4,6,8,10-13,16H,5,7,9,14H2,1-3H3. The number of hydrogen-bond acceptors (Lipinski definition) is 6. The van der Waals surface area contributed by atoms with Gasteiger partial charge < -0.3 is 19.1 Å². The van der Waals surface area contributed by atoms with Crippen molar-refractivity contribution in [2.75, 3.05) is 39.3 Å². The minimum atomic E-state index is 0.432. The predicted octanol–water partition coefficient (Wildman–Crippen LogP) is 4.04. The maximum atomic E-state index is 5.50. The van der Waals surface area contributed by atoms with Crippen LogP contribution in [0.2, 0.25) is 0 Å². The molecule has 2 heterocycles. The lowest BCUT2D eigenvalue weighted by Gasteiger charge is -2.34. The largest absolute Gasteiger partial charge is 0.497 e. The van der Waals surface area contributed by atoms with Gasteiger partial charge in [-0.2, -0.15) is 5.10 Å². The lowest BCUT2D eigenvalue weighted by molar-refractivity contribution is 0.356. The van der Waals surface area contributed by atoms with E-state index < -0.39 is 0 Å². The molecule has 1 unspecified atom stereocenters. The van der Waals surface area contributed by atoms with E-state index in [-0.39, 0.29) is 0 Å². The number of nitrogens with zero attached hydrogens (tertiary/aromatic N) is 3. The molecule has 6 nitrogen and oxygen atoms in total. The summed E-state index contributed by atoms with van der Waals surface area (Å²) >= 11 is 0. The first-order valence-electron chi connectivity index (χ1n) is 9.49. The van der Waals surface area contributed by atoms with Gasteiger partial charge >= 0.3 is 0 Å². The molecule has 1 aromatic heterocycles. The van der Waals surface area contributed by atoms with Crippen LogP contribution in [-0.4, -0.2) is 44.6 Å². The fourth-order valence-electron chi connectivity index (χ4n) is 3.97. The Kier molecular flexibility index (Phi) is 5.19. The molecule has 0 saturated carbocycles. The number of hydrogen-bond donors (Lipinski definition) is 0. The zero-order chi connectivity index (χ0) is 19.5. The van der Waals surface area contributed by atoms with Crippen molar-refractivity contribution in [3.05, 3.63) is 48.2 Å². The number of fused-ring (bicyclic) bond motifs is 1. The van der Waals surface area contributed by atoms with Crippen molar-refractivity contribution >= 4 is 16.6 Å². The molecule has 0 spiro atoms. The van der Waals surface area contributed by atoms with Gasteiger partial charge in [0.15, 0.2) is 17.3 Å². The molecule has 1 aliphatic heterocycles. The van der Waals surface area contributed by atoms with Crippen LogP contribution < -0.4 is 19.1 Å². The van der Waals surface area contributed by atoms with Crippen molar-refractivity contribution in [3.63, 3.8) is 0 Å². The monoisotopic (exact) mass is 379 g/mol. The van der Waals surface area contributed by atoms with Gasteiger partial charge in [-0.3, -0.25) is 0 Å². The summed E-state index contributed by atoms with van der Waals surface area (Å²) in [5.74, 6) is 3.62. The Labute approximate surface area is 165 Å². The molecule has 0 N–H and O–H groups in total. The van der Waals surface area contributed by atoms with Crippen LogP contribution in [0.1, 0.15) is 24.3 Å². The summed E-state index contributed by atoms with van der Waals surface area (Å²) in [6, 6.07) is 12.3. The third-order valence-corrected chi connectivity index (χ3v) is 5.43. The van der Waals surface area contributed by atoms with Crippen LogP contribution in [0.25, 0.3) is 10.8 Å². The maximum absolute atomic E-state index is 5.50. The normalized spacial score (nSPS) is 16.8. The average molecular weight is 379 g/mol.